The lowest BCUT2D eigenvalue weighted by Gasteiger charge is -2.29. The maximum absolute atomic E-state index is 12.3. The lowest BCUT2D eigenvalue weighted by molar-refractivity contribution is -0.136. The van der Waals surface area contributed by atoms with Gasteiger partial charge in [0.2, 0.25) is 11.8 Å². The van der Waals surface area contributed by atoms with Crippen molar-refractivity contribution in [3.05, 3.63) is 65.2 Å². The number of amides is 2. The number of nitrogens with one attached hydrogen (secondary N) is 2. The molecule has 0 bridgehead atoms. The highest BCUT2D eigenvalue weighted by Crippen LogP contribution is 2.14. The Balaban J connectivity index is 1.63. The number of aromatic hydroxyl groups is 1. The molecule has 2 aromatic rings. The molecule has 1 saturated heterocycles. The van der Waals surface area contributed by atoms with E-state index in [1.807, 2.05) is 31.2 Å². The summed E-state index contributed by atoms with van der Waals surface area (Å²) in [7, 11) is 0. The van der Waals surface area contributed by atoms with Gasteiger partial charge in [-0.25, -0.2) is 0 Å². The molecule has 1 heterocycles. The molecule has 1 aliphatic rings. The summed E-state index contributed by atoms with van der Waals surface area (Å²) in [6.45, 7) is 2.01. The van der Waals surface area contributed by atoms with Crippen LogP contribution in [0.25, 0.3) is 0 Å². The molecule has 0 spiro atoms. The quantitative estimate of drug-likeness (QED) is 0.797. The fraction of sp³-hybridized carbons (Fsp3) is 0.263. The maximum Gasteiger partial charge on any atom is 0.243 e. The predicted octanol–water partition coefficient (Wildman–Crippen LogP) is 1.47. The maximum atomic E-state index is 12.3. The van der Waals surface area contributed by atoms with Crippen molar-refractivity contribution in [1.82, 2.24) is 10.6 Å². The Labute approximate surface area is 140 Å². The zero-order chi connectivity index (χ0) is 17.1. The molecular formula is C19H20N2O3. The molecule has 2 unspecified atom stereocenters. The first-order chi connectivity index (χ1) is 11.5. The highest BCUT2D eigenvalue weighted by molar-refractivity contribution is 5.97. The van der Waals surface area contributed by atoms with Crippen LogP contribution in [0.15, 0.2) is 48.5 Å². The van der Waals surface area contributed by atoms with E-state index in [4.69, 9.17) is 0 Å². The second-order valence-corrected chi connectivity index (χ2v) is 6.18. The second kappa shape index (κ2) is 6.74. The number of phenols is 1. The van der Waals surface area contributed by atoms with Gasteiger partial charge in [0, 0.05) is 12.8 Å². The second-order valence-electron chi connectivity index (χ2n) is 6.18. The highest BCUT2D eigenvalue weighted by atomic mass is 16.3. The first-order valence-electron chi connectivity index (χ1n) is 7.95. The van der Waals surface area contributed by atoms with Crippen LogP contribution in [-0.2, 0) is 22.4 Å². The molecule has 2 atom stereocenters. The molecule has 0 aromatic heterocycles. The summed E-state index contributed by atoms with van der Waals surface area (Å²) in [4.78, 5) is 24.6. The summed E-state index contributed by atoms with van der Waals surface area (Å²) in [5, 5.41) is 14.9. The van der Waals surface area contributed by atoms with Crippen molar-refractivity contribution < 1.29 is 14.7 Å². The zero-order valence-electron chi connectivity index (χ0n) is 13.5. The zero-order valence-corrected chi connectivity index (χ0v) is 13.5. The molecule has 24 heavy (non-hydrogen) atoms. The van der Waals surface area contributed by atoms with Crippen LogP contribution >= 0.6 is 0 Å². The van der Waals surface area contributed by atoms with Gasteiger partial charge in [0.25, 0.3) is 0 Å². The minimum absolute atomic E-state index is 0.168. The molecular weight excluding hydrogens is 304 g/mol. The summed E-state index contributed by atoms with van der Waals surface area (Å²) in [5.74, 6) is -0.173. The van der Waals surface area contributed by atoms with Gasteiger partial charge in [-0.3, -0.25) is 9.59 Å². The van der Waals surface area contributed by atoms with Gasteiger partial charge in [-0.15, -0.1) is 0 Å². The van der Waals surface area contributed by atoms with Gasteiger partial charge in [0.1, 0.15) is 17.8 Å². The van der Waals surface area contributed by atoms with E-state index in [-0.39, 0.29) is 17.6 Å². The van der Waals surface area contributed by atoms with Gasteiger partial charge in [-0.1, -0.05) is 42.0 Å². The van der Waals surface area contributed by atoms with Gasteiger partial charge in [0.15, 0.2) is 0 Å². The Kier molecular flexibility index (Phi) is 4.51. The van der Waals surface area contributed by atoms with Crippen molar-refractivity contribution in [1.29, 1.82) is 0 Å². The summed E-state index contributed by atoms with van der Waals surface area (Å²) in [5.41, 5.74) is 3.05. The number of piperazine rings is 1. The van der Waals surface area contributed by atoms with Crippen LogP contribution in [0.1, 0.15) is 16.7 Å². The normalized spacial score (nSPS) is 20.4. The molecule has 3 N–H and O–H groups in total. The molecule has 124 valence electrons. The Hall–Kier alpha value is -2.82. The molecule has 0 radical (unpaired) electrons. The van der Waals surface area contributed by atoms with Crippen molar-refractivity contribution in [3.63, 3.8) is 0 Å². The Bertz CT molecular complexity index is 673. The molecule has 5 heteroatoms. The first kappa shape index (κ1) is 16.1. The molecule has 2 amide bonds. The molecule has 1 aliphatic heterocycles. The fourth-order valence-corrected chi connectivity index (χ4v) is 2.79. The van der Waals surface area contributed by atoms with Crippen LogP contribution in [0.4, 0.5) is 0 Å². The van der Waals surface area contributed by atoms with Gasteiger partial charge >= 0.3 is 0 Å². The van der Waals surface area contributed by atoms with E-state index < -0.39 is 12.1 Å². The topological polar surface area (TPSA) is 78.4 Å². The van der Waals surface area contributed by atoms with Crippen LogP contribution in [0.3, 0.4) is 0 Å². The van der Waals surface area contributed by atoms with Crippen LogP contribution in [-0.4, -0.2) is 29.0 Å². The summed E-state index contributed by atoms with van der Waals surface area (Å²) >= 11 is 0. The minimum atomic E-state index is -0.587. The molecule has 1 fully saturated rings. The largest absolute Gasteiger partial charge is 0.508 e. The third-order valence-corrected chi connectivity index (χ3v) is 4.20. The lowest BCUT2D eigenvalue weighted by Crippen LogP contribution is -2.62. The van der Waals surface area contributed by atoms with Crippen LogP contribution in [0.2, 0.25) is 0 Å². The number of hydrogen-bond acceptors (Lipinski definition) is 3. The standard InChI is InChI=1S/C19H20N2O3/c1-12-2-4-13(5-3-12)10-16-18(23)21-17(19(24)20-16)11-14-6-8-15(22)9-7-14/h2-9,16-17,22H,10-11H2,1H3,(H,20,24)(H,21,23). The smallest absolute Gasteiger partial charge is 0.243 e. The van der Waals surface area contributed by atoms with Crippen molar-refractivity contribution in [2.75, 3.05) is 0 Å². The number of carbonyl (C=O) groups is 2. The third-order valence-electron chi connectivity index (χ3n) is 4.20. The van der Waals surface area contributed by atoms with Gasteiger partial charge < -0.3 is 15.7 Å². The average molecular weight is 324 g/mol. The van der Waals surface area contributed by atoms with Crippen molar-refractivity contribution in [2.45, 2.75) is 31.8 Å². The van der Waals surface area contributed by atoms with Crippen molar-refractivity contribution in [3.8, 4) is 5.75 Å². The molecule has 0 aliphatic carbocycles. The number of phenolic OH excluding ortho intramolecular Hbond substituents is 1. The van der Waals surface area contributed by atoms with Crippen LogP contribution in [0.5, 0.6) is 5.75 Å². The van der Waals surface area contributed by atoms with Gasteiger partial charge in [-0.05, 0) is 30.2 Å². The van der Waals surface area contributed by atoms with Crippen LogP contribution in [0, 0.1) is 6.92 Å². The van der Waals surface area contributed by atoms with E-state index in [9.17, 15) is 14.7 Å². The van der Waals surface area contributed by atoms with Crippen LogP contribution < -0.4 is 10.6 Å². The Morgan fingerprint density at radius 3 is 1.67 bits per heavy atom. The van der Waals surface area contributed by atoms with E-state index in [0.29, 0.717) is 12.8 Å². The van der Waals surface area contributed by atoms with Crippen molar-refractivity contribution in [2.24, 2.45) is 0 Å². The SMILES string of the molecule is Cc1ccc(CC2NC(=O)C(Cc3ccc(O)cc3)NC2=O)cc1. The number of carbonyl (C=O) groups excluding carboxylic acids is 2. The van der Waals surface area contributed by atoms with Gasteiger partial charge in [0.05, 0.1) is 0 Å². The van der Waals surface area contributed by atoms with Gasteiger partial charge in [-0.2, -0.15) is 0 Å². The highest BCUT2D eigenvalue weighted by Gasteiger charge is 2.33. The molecule has 5 nitrogen and oxygen atoms in total. The lowest BCUT2D eigenvalue weighted by atomic mass is 9.98. The third kappa shape index (κ3) is 3.74. The van der Waals surface area contributed by atoms with E-state index in [2.05, 4.69) is 10.6 Å². The van der Waals surface area contributed by atoms with E-state index >= 15 is 0 Å². The Morgan fingerprint density at radius 1 is 0.792 bits per heavy atom. The van der Waals surface area contributed by atoms with E-state index in [0.717, 1.165) is 16.7 Å². The molecule has 3 rings (SSSR count). The van der Waals surface area contributed by atoms with E-state index in [1.54, 1.807) is 24.3 Å². The fourth-order valence-electron chi connectivity index (χ4n) is 2.79. The molecule has 0 saturated carbocycles. The van der Waals surface area contributed by atoms with E-state index in [1.165, 1.54) is 0 Å². The monoisotopic (exact) mass is 324 g/mol. The Morgan fingerprint density at radius 2 is 1.21 bits per heavy atom. The number of aryl methyl sites for hydroxylation is 1. The summed E-state index contributed by atoms with van der Waals surface area (Å²) in [6, 6.07) is 13.4. The predicted molar refractivity (Wildman–Crippen MR) is 90.6 cm³/mol. The number of benzene rings is 2. The average Bonchev–Trinajstić information content (AvgIpc) is 2.56. The number of rotatable bonds is 4. The molecule has 2 aromatic carbocycles. The first-order valence-corrected chi connectivity index (χ1v) is 7.95. The number of hydrogen-bond donors (Lipinski definition) is 3. The minimum Gasteiger partial charge on any atom is -0.508 e. The summed E-state index contributed by atoms with van der Waals surface area (Å²) in [6.07, 6.45) is 0.874. The summed E-state index contributed by atoms with van der Waals surface area (Å²) < 4.78 is 0. The van der Waals surface area contributed by atoms with Crippen molar-refractivity contribution >= 4 is 11.8 Å².